The largest absolute Gasteiger partial charge is 0.465 e. The summed E-state index contributed by atoms with van der Waals surface area (Å²) in [5.74, 6) is -1.27. The lowest BCUT2D eigenvalue weighted by atomic mass is 10.0. The molecule has 1 N–H and O–H groups in total. The van der Waals surface area contributed by atoms with E-state index in [0.717, 1.165) is 24.1 Å². The molecular weight excluding hydrogens is 332 g/mol. The summed E-state index contributed by atoms with van der Waals surface area (Å²) >= 11 is 0. The molecule has 0 aromatic heterocycles. The first kappa shape index (κ1) is 17.7. The number of carbonyl (C=O) groups excluding carboxylic acids is 3. The summed E-state index contributed by atoms with van der Waals surface area (Å²) in [4.78, 5) is 38.4. The Bertz CT molecular complexity index is 847. The molecule has 6 nitrogen and oxygen atoms in total. The molecule has 134 valence electrons. The monoisotopic (exact) mass is 352 g/mol. The molecule has 0 fully saturated rings. The molecule has 0 radical (unpaired) electrons. The number of carbonyl (C=O) groups is 3. The summed E-state index contributed by atoms with van der Waals surface area (Å²) in [6.07, 6.45) is 1.51. The Balaban J connectivity index is 1.70. The van der Waals surface area contributed by atoms with Gasteiger partial charge in [0, 0.05) is 12.2 Å². The molecular formula is C20H20N2O4. The van der Waals surface area contributed by atoms with E-state index in [-0.39, 0.29) is 17.9 Å². The van der Waals surface area contributed by atoms with Crippen molar-refractivity contribution in [2.24, 2.45) is 0 Å². The van der Waals surface area contributed by atoms with E-state index in [1.54, 1.807) is 29.2 Å². The van der Waals surface area contributed by atoms with Crippen molar-refractivity contribution in [2.45, 2.75) is 19.3 Å². The SMILES string of the molecule is COC(=O)c1ccccc1NC(=O)CC(=O)N1CCCc2ccccc21. The normalized spacial score (nSPS) is 12.9. The van der Waals surface area contributed by atoms with Crippen LogP contribution < -0.4 is 10.2 Å². The first-order chi connectivity index (χ1) is 12.6. The van der Waals surface area contributed by atoms with Gasteiger partial charge in [0.1, 0.15) is 6.42 Å². The number of nitrogens with one attached hydrogen (secondary N) is 1. The minimum Gasteiger partial charge on any atom is -0.465 e. The first-order valence-electron chi connectivity index (χ1n) is 8.45. The Morgan fingerprint density at radius 3 is 2.62 bits per heavy atom. The smallest absolute Gasteiger partial charge is 0.339 e. The molecule has 0 saturated carbocycles. The fourth-order valence-electron chi connectivity index (χ4n) is 3.10. The van der Waals surface area contributed by atoms with Crippen LogP contribution in [0.2, 0.25) is 0 Å². The van der Waals surface area contributed by atoms with E-state index in [1.807, 2.05) is 24.3 Å². The van der Waals surface area contributed by atoms with Crippen LogP contribution in [0.15, 0.2) is 48.5 Å². The van der Waals surface area contributed by atoms with Crippen LogP contribution in [0.3, 0.4) is 0 Å². The van der Waals surface area contributed by atoms with Gasteiger partial charge in [-0.05, 0) is 36.6 Å². The van der Waals surface area contributed by atoms with Crippen molar-refractivity contribution >= 4 is 29.2 Å². The third kappa shape index (κ3) is 3.74. The summed E-state index contributed by atoms with van der Waals surface area (Å²) < 4.78 is 4.71. The van der Waals surface area contributed by atoms with E-state index >= 15 is 0 Å². The highest BCUT2D eigenvalue weighted by atomic mass is 16.5. The number of hydrogen-bond donors (Lipinski definition) is 1. The molecule has 0 bridgehead atoms. The van der Waals surface area contributed by atoms with Crippen LogP contribution in [0.5, 0.6) is 0 Å². The maximum absolute atomic E-state index is 12.6. The van der Waals surface area contributed by atoms with Gasteiger partial charge in [-0.1, -0.05) is 30.3 Å². The number of esters is 1. The number of aryl methyl sites for hydroxylation is 1. The van der Waals surface area contributed by atoms with Crippen molar-refractivity contribution in [3.63, 3.8) is 0 Å². The van der Waals surface area contributed by atoms with E-state index in [0.29, 0.717) is 12.2 Å². The molecule has 1 heterocycles. The Labute approximate surface area is 151 Å². The van der Waals surface area contributed by atoms with E-state index in [9.17, 15) is 14.4 Å². The fraction of sp³-hybridized carbons (Fsp3) is 0.250. The lowest BCUT2D eigenvalue weighted by molar-refractivity contribution is -0.125. The van der Waals surface area contributed by atoms with E-state index in [1.165, 1.54) is 7.11 Å². The minimum absolute atomic E-state index is 0.249. The maximum Gasteiger partial charge on any atom is 0.339 e. The second kappa shape index (κ2) is 7.82. The van der Waals surface area contributed by atoms with Gasteiger partial charge in [-0.15, -0.1) is 0 Å². The Kier molecular flexibility index (Phi) is 5.31. The van der Waals surface area contributed by atoms with Gasteiger partial charge in [0.25, 0.3) is 0 Å². The lowest BCUT2D eigenvalue weighted by Crippen LogP contribution is -2.37. The number of anilines is 2. The van der Waals surface area contributed by atoms with Crippen LogP contribution in [-0.2, 0) is 20.7 Å². The average molecular weight is 352 g/mol. The maximum atomic E-state index is 12.6. The van der Waals surface area contributed by atoms with E-state index in [2.05, 4.69) is 5.32 Å². The van der Waals surface area contributed by atoms with E-state index < -0.39 is 11.9 Å². The van der Waals surface area contributed by atoms with Crippen molar-refractivity contribution < 1.29 is 19.1 Å². The van der Waals surface area contributed by atoms with Crippen molar-refractivity contribution in [2.75, 3.05) is 23.9 Å². The highest BCUT2D eigenvalue weighted by Gasteiger charge is 2.24. The molecule has 26 heavy (non-hydrogen) atoms. The second-order valence-electron chi connectivity index (χ2n) is 6.04. The molecule has 0 spiro atoms. The number of ether oxygens (including phenoxy) is 1. The molecule has 0 aliphatic carbocycles. The predicted octanol–water partition coefficient (Wildman–Crippen LogP) is 2.78. The zero-order valence-electron chi connectivity index (χ0n) is 14.5. The van der Waals surface area contributed by atoms with Gasteiger partial charge in [0.15, 0.2) is 0 Å². The van der Waals surface area contributed by atoms with Crippen molar-refractivity contribution in [1.29, 1.82) is 0 Å². The molecule has 2 amide bonds. The van der Waals surface area contributed by atoms with Gasteiger partial charge in [-0.2, -0.15) is 0 Å². The molecule has 0 unspecified atom stereocenters. The van der Waals surface area contributed by atoms with Crippen LogP contribution in [-0.4, -0.2) is 31.4 Å². The first-order valence-corrected chi connectivity index (χ1v) is 8.45. The highest BCUT2D eigenvalue weighted by molar-refractivity contribution is 6.11. The van der Waals surface area contributed by atoms with Crippen molar-refractivity contribution in [3.8, 4) is 0 Å². The molecule has 1 aliphatic heterocycles. The van der Waals surface area contributed by atoms with Crippen LogP contribution in [0.4, 0.5) is 11.4 Å². The zero-order valence-corrected chi connectivity index (χ0v) is 14.5. The summed E-state index contributed by atoms with van der Waals surface area (Å²) in [5.41, 5.74) is 2.56. The Morgan fingerprint density at radius 2 is 1.81 bits per heavy atom. The summed E-state index contributed by atoms with van der Waals surface area (Å²) in [6, 6.07) is 14.3. The third-order valence-electron chi connectivity index (χ3n) is 4.33. The molecule has 2 aromatic carbocycles. The molecule has 6 heteroatoms. The number of hydrogen-bond acceptors (Lipinski definition) is 4. The van der Waals surface area contributed by atoms with Gasteiger partial charge in [-0.3, -0.25) is 9.59 Å². The van der Waals surface area contributed by atoms with Gasteiger partial charge in [0.2, 0.25) is 11.8 Å². The van der Waals surface area contributed by atoms with Gasteiger partial charge >= 0.3 is 5.97 Å². The van der Waals surface area contributed by atoms with Crippen LogP contribution in [0, 0.1) is 0 Å². The Hall–Kier alpha value is -3.15. The van der Waals surface area contributed by atoms with Crippen LogP contribution in [0.1, 0.15) is 28.8 Å². The minimum atomic E-state index is -0.544. The van der Waals surface area contributed by atoms with Crippen molar-refractivity contribution in [3.05, 3.63) is 59.7 Å². The number of fused-ring (bicyclic) bond motifs is 1. The van der Waals surface area contributed by atoms with E-state index in [4.69, 9.17) is 4.74 Å². The van der Waals surface area contributed by atoms with Gasteiger partial charge in [-0.25, -0.2) is 4.79 Å². The second-order valence-corrected chi connectivity index (χ2v) is 6.04. The number of para-hydroxylation sites is 2. The number of rotatable bonds is 4. The molecule has 1 aliphatic rings. The molecule has 2 aromatic rings. The topological polar surface area (TPSA) is 75.7 Å². The quantitative estimate of drug-likeness (QED) is 0.678. The standard InChI is InChI=1S/C20H20N2O4/c1-26-20(25)15-9-3-4-10-16(15)21-18(23)13-19(24)22-12-6-8-14-7-2-5-11-17(14)22/h2-5,7,9-11H,6,8,12-13H2,1H3,(H,21,23). The molecule has 3 rings (SSSR count). The predicted molar refractivity (Wildman–Crippen MR) is 98.1 cm³/mol. The average Bonchev–Trinajstić information content (AvgIpc) is 2.67. The number of benzene rings is 2. The fourth-order valence-corrected chi connectivity index (χ4v) is 3.10. The van der Waals surface area contributed by atoms with Gasteiger partial charge in [0.05, 0.1) is 18.4 Å². The summed E-state index contributed by atoms with van der Waals surface area (Å²) in [7, 11) is 1.28. The lowest BCUT2D eigenvalue weighted by Gasteiger charge is -2.29. The van der Waals surface area contributed by atoms with Gasteiger partial charge < -0.3 is 15.0 Å². The third-order valence-corrected chi connectivity index (χ3v) is 4.33. The number of methoxy groups -OCH3 is 1. The molecule has 0 atom stereocenters. The zero-order chi connectivity index (χ0) is 18.5. The van der Waals surface area contributed by atoms with Crippen molar-refractivity contribution in [1.82, 2.24) is 0 Å². The number of nitrogens with zero attached hydrogens (tertiary/aromatic N) is 1. The summed E-state index contributed by atoms with van der Waals surface area (Å²) in [6.45, 7) is 0.599. The number of amides is 2. The molecule has 0 saturated heterocycles. The highest BCUT2D eigenvalue weighted by Crippen LogP contribution is 2.27. The summed E-state index contributed by atoms with van der Waals surface area (Å²) in [5, 5.41) is 2.63. The van der Waals surface area contributed by atoms with Crippen LogP contribution >= 0.6 is 0 Å². The Morgan fingerprint density at radius 1 is 1.08 bits per heavy atom. The van der Waals surface area contributed by atoms with Crippen LogP contribution in [0.25, 0.3) is 0 Å².